The molecule has 0 atom stereocenters. The van der Waals surface area contributed by atoms with Gasteiger partial charge in [-0.1, -0.05) is 103 Å². The van der Waals surface area contributed by atoms with E-state index in [0.29, 0.717) is 0 Å². The molecule has 3 nitrogen and oxygen atoms in total. The van der Waals surface area contributed by atoms with Gasteiger partial charge in [-0.2, -0.15) is 0 Å². The molecule has 26 heavy (non-hydrogen) atoms. The molecule has 1 N–H and O–H groups in total. The number of hydrogen-bond acceptors (Lipinski definition) is 2. The Morgan fingerprint density at radius 2 is 0.769 bits per heavy atom. The average Bonchev–Trinajstić information content (AvgIpc) is 2.63. The quantitative estimate of drug-likeness (QED) is 0.127. The van der Waals surface area contributed by atoms with Crippen LogP contribution in [-0.2, 0) is 9.59 Å². The standard InChI is InChI=1S/C22H41ClO3/c23-20-18-16-14-12-10-8-6-4-2-1-3-5-7-9-11-13-15-17-19-21(24)22(25)26/h1-20H2,(H,25,26). The number of Topliss-reactive ketones (excluding diaryl/α,β-unsaturated/α-hetero) is 1. The number of hydrogen-bond donors (Lipinski definition) is 1. The fourth-order valence-electron chi connectivity index (χ4n) is 3.32. The maximum Gasteiger partial charge on any atom is 0.372 e. The molecular weight excluding hydrogens is 348 g/mol. The number of ketones is 1. The van der Waals surface area contributed by atoms with Gasteiger partial charge in [0.2, 0.25) is 5.78 Å². The minimum Gasteiger partial charge on any atom is -0.476 e. The van der Waals surface area contributed by atoms with E-state index in [1.165, 1.54) is 96.3 Å². The fourth-order valence-corrected chi connectivity index (χ4v) is 3.50. The normalized spacial score (nSPS) is 11.0. The Morgan fingerprint density at radius 1 is 0.500 bits per heavy atom. The average molecular weight is 389 g/mol. The van der Waals surface area contributed by atoms with Gasteiger partial charge in [0.1, 0.15) is 0 Å². The molecule has 0 aliphatic heterocycles. The molecule has 0 aromatic heterocycles. The topological polar surface area (TPSA) is 54.4 Å². The van der Waals surface area contributed by atoms with Gasteiger partial charge in [-0.3, -0.25) is 4.79 Å². The van der Waals surface area contributed by atoms with E-state index < -0.39 is 11.8 Å². The van der Waals surface area contributed by atoms with E-state index in [4.69, 9.17) is 16.7 Å². The van der Waals surface area contributed by atoms with E-state index in [2.05, 4.69) is 0 Å². The van der Waals surface area contributed by atoms with Gasteiger partial charge >= 0.3 is 5.97 Å². The Labute approximate surface area is 166 Å². The number of unbranched alkanes of at least 4 members (excludes halogenated alkanes) is 17. The predicted octanol–water partition coefficient (Wildman–Crippen LogP) is 7.29. The summed E-state index contributed by atoms with van der Waals surface area (Å²) in [5.74, 6) is -1.12. The summed E-state index contributed by atoms with van der Waals surface area (Å²) in [5.41, 5.74) is 0. The molecule has 0 unspecified atom stereocenters. The highest BCUT2D eigenvalue weighted by molar-refractivity contribution is 6.32. The Bertz CT molecular complexity index is 331. The van der Waals surface area contributed by atoms with Crippen molar-refractivity contribution in [3.8, 4) is 0 Å². The highest BCUT2D eigenvalue weighted by Gasteiger charge is 2.09. The first-order chi connectivity index (χ1) is 12.7. The number of carboxylic acids is 1. The molecule has 0 aliphatic carbocycles. The van der Waals surface area contributed by atoms with Gasteiger partial charge in [0.25, 0.3) is 0 Å². The molecule has 0 radical (unpaired) electrons. The zero-order chi connectivity index (χ0) is 19.3. The molecule has 0 saturated carbocycles. The number of rotatable bonds is 21. The summed E-state index contributed by atoms with van der Waals surface area (Å²) < 4.78 is 0. The second-order valence-corrected chi connectivity index (χ2v) is 7.91. The molecular formula is C22H41ClO3. The molecule has 0 aromatic carbocycles. The maximum absolute atomic E-state index is 10.9. The van der Waals surface area contributed by atoms with Crippen LogP contribution in [0.4, 0.5) is 0 Å². The minimum atomic E-state index is -1.29. The second-order valence-electron chi connectivity index (χ2n) is 7.53. The number of halogens is 1. The van der Waals surface area contributed by atoms with Gasteiger partial charge in [0.05, 0.1) is 0 Å². The van der Waals surface area contributed by atoms with Crippen LogP contribution in [0.5, 0.6) is 0 Å². The lowest BCUT2D eigenvalue weighted by atomic mass is 10.0. The van der Waals surface area contributed by atoms with E-state index in [-0.39, 0.29) is 6.42 Å². The van der Waals surface area contributed by atoms with Crippen molar-refractivity contribution < 1.29 is 14.7 Å². The molecule has 0 saturated heterocycles. The lowest BCUT2D eigenvalue weighted by molar-refractivity contribution is -0.149. The lowest BCUT2D eigenvalue weighted by Gasteiger charge is -2.03. The minimum absolute atomic E-state index is 0.198. The van der Waals surface area contributed by atoms with Crippen molar-refractivity contribution >= 4 is 23.4 Å². The van der Waals surface area contributed by atoms with Crippen molar-refractivity contribution in [1.82, 2.24) is 0 Å². The summed E-state index contributed by atoms with van der Waals surface area (Å²) in [7, 11) is 0. The molecule has 0 amide bonds. The van der Waals surface area contributed by atoms with Crippen LogP contribution in [0.15, 0.2) is 0 Å². The number of carbonyl (C=O) groups excluding carboxylic acids is 1. The molecule has 0 spiro atoms. The summed E-state index contributed by atoms with van der Waals surface area (Å²) in [4.78, 5) is 21.3. The van der Waals surface area contributed by atoms with Crippen LogP contribution >= 0.6 is 11.6 Å². The zero-order valence-electron chi connectivity index (χ0n) is 16.8. The van der Waals surface area contributed by atoms with Gasteiger partial charge in [-0.25, -0.2) is 4.79 Å². The van der Waals surface area contributed by atoms with Crippen LogP contribution in [0.2, 0.25) is 0 Å². The molecule has 0 aromatic rings. The van der Waals surface area contributed by atoms with Gasteiger partial charge in [-0.05, 0) is 12.8 Å². The first-order valence-electron chi connectivity index (χ1n) is 11.0. The molecule has 0 bridgehead atoms. The van der Waals surface area contributed by atoms with E-state index in [1.54, 1.807) is 0 Å². The SMILES string of the molecule is O=C(O)C(=O)CCCCCCCCCCCCCCCCCCCCCl. The monoisotopic (exact) mass is 388 g/mol. The van der Waals surface area contributed by atoms with Crippen molar-refractivity contribution in [3.05, 3.63) is 0 Å². The van der Waals surface area contributed by atoms with Crippen molar-refractivity contribution in [1.29, 1.82) is 0 Å². The van der Waals surface area contributed by atoms with Crippen LogP contribution in [0.25, 0.3) is 0 Å². The van der Waals surface area contributed by atoms with Crippen LogP contribution in [0.3, 0.4) is 0 Å². The van der Waals surface area contributed by atoms with E-state index in [1.807, 2.05) is 0 Å². The van der Waals surface area contributed by atoms with Crippen molar-refractivity contribution in [2.75, 3.05) is 5.88 Å². The molecule has 0 aliphatic rings. The lowest BCUT2D eigenvalue weighted by Crippen LogP contribution is -2.11. The maximum atomic E-state index is 10.9. The first-order valence-corrected chi connectivity index (χ1v) is 11.5. The molecule has 154 valence electrons. The summed E-state index contributed by atoms with van der Waals surface area (Å²) in [6.07, 6.45) is 23.1. The number of carboxylic acid groups (broad SMARTS) is 1. The van der Waals surface area contributed by atoms with E-state index in [0.717, 1.165) is 25.1 Å². The van der Waals surface area contributed by atoms with Crippen LogP contribution < -0.4 is 0 Å². The summed E-state index contributed by atoms with van der Waals surface area (Å²) in [6.45, 7) is 0. The summed E-state index contributed by atoms with van der Waals surface area (Å²) >= 11 is 5.67. The highest BCUT2D eigenvalue weighted by Crippen LogP contribution is 2.14. The largest absolute Gasteiger partial charge is 0.476 e. The van der Waals surface area contributed by atoms with Crippen molar-refractivity contribution in [2.24, 2.45) is 0 Å². The van der Waals surface area contributed by atoms with Crippen molar-refractivity contribution in [2.45, 2.75) is 122 Å². The number of alkyl halides is 1. The Kier molecular flexibility index (Phi) is 20.3. The predicted molar refractivity (Wildman–Crippen MR) is 111 cm³/mol. The third-order valence-electron chi connectivity index (χ3n) is 5.03. The van der Waals surface area contributed by atoms with Gasteiger partial charge in [0, 0.05) is 12.3 Å². The van der Waals surface area contributed by atoms with Gasteiger partial charge in [0.15, 0.2) is 0 Å². The Morgan fingerprint density at radius 3 is 1.04 bits per heavy atom. The van der Waals surface area contributed by atoms with Gasteiger partial charge < -0.3 is 5.11 Å². The Hall–Kier alpha value is -0.570. The van der Waals surface area contributed by atoms with Crippen LogP contribution in [0.1, 0.15) is 122 Å². The number of carbonyl (C=O) groups is 2. The van der Waals surface area contributed by atoms with E-state index >= 15 is 0 Å². The third-order valence-corrected chi connectivity index (χ3v) is 5.29. The zero-order valence-corrected chi connectivity index (χ0v) is 17.5. The molecule has 0 rings (SSSR count). The van der Waals surface area contributed by atoms with Crippen LogP contribution in [0, 0.1) is 0 Å². The Balaban J connectivity index is 3.05. The fraction of sp³-hybridized carbons (Fsp3) is 0.909. The second kappa shape index (κ2) is 20.7. The molecule has 0 fully saturated rings. The highest BCUT2D eigenvalue weighted by atomic mass is 35.5. The van der Waals surface area contributed by atoms with Crippen LogP contribution in [-0.4, -0.2) is 22.7 Å². The summed E-state index contributed by atoms with van der Waals surface area (Å²) in [5, 5.41) is 8.48. The number of aliphatic carboxylic acids is 1. The van der Waals surface area contributed by atoms with E-state index in [9.17, 15) is 9.59 Å². The third kappa shape index (κ3) is 19.8. The van der Waals surface area contributed by atoms with Crippen molar-refractivity contribution in [3.63, 3.8) is 0 Å². The molecule has 0 heterocycles. The first kappa shape index (κ1) is 25.4. The summed E-state index contributed by atoms with van der Waals surface area (Å²) in [6, 6.07) is 0. The smallest absolute Gasteiger partial charge is 0.372 e. The van der Waals surface area contributed by atoms with Gasteiger partial charge in [-0.15, -0.1) is 11.6 Å². The molecule has 4 heteroatoms.